The van der Waals surface area contributed by atoms with Gasteiger partial charge in [0.05, 0.1) is 17.4 Å². The van der Waals surface area contributed by atoms with Gasteiger partial charge >= 0.3 is 6.03 Å². The van der Waals surface area contributed by atoms with E-state index >= 15 is 0 Å². The second-order valence-electron chi connectivity index (χ2n) is 10.6. The number of anilines is 3. The molecule has 0 atom stereocenters. The first-order chi connectivity index (χ1) is 19.0. The highest BCUT2D eigenvalue weighted by molar-refractivity contribution is 7.12. The van der Waals surface area contributed by atoms with E-state index in [2.05, 4.69) is 51.7 Å². The van der Waals surface area contributed by atoms with Crippen molar-refractivity contribution in [1.29, 1.82) is 0 Å². The van der Waals surface area contributed by atoms with Crippen LogP contribution in [0.15, 0.2) is 59.1 Å². The van der Waals surface area contributed by atoms with Crippen LogP contribution < -0.4 is 21.5 Å². The fourth-order valence-electron chi connectivity index (χ4n) is 4.29. The van der Waals surface area contributed by atoms with Crippen LogP contribution in [-0.4, -0.2) is 42.4 Å². The number of thiazole rings is 1. The molecule has 0 spiro atoms. The molecule has 2 amide bonds. The number of urea groups is 1. The van der Waals surface area contributed by atoms with E-state index in [1.165, 1.54) is 11.3 Å². The molecule has 0 fully saturated rings. The summed E-state index contributed by atoms with van der Waals surface area (Å²) < 4.78 is 3.34. The highest BCUT2D eigenvalue weighted by atomic mass is 32.1. The number of rotatable bonds is 6. The van der Waals surface area contributed by atoms with Gasteiger partial charge in [-0.15, -0.1) is 11.3 Å². The maximum atomic E-state index is 13.6. The Kier molecular flexibility index (Phi) is 7.11. The van der Waals surface area contributed by atoms with E-state index in [0.29, 0.717) is 34.2 Å². The monoisotopic (exact) mass is 557 g/mol. The fraction of sp³-hybridized carbons (Fsp3) is 0.286. The zero-order valence-corrected chi connectivity index (χ0v) is 24.0. The quantitative estimate of drug-likeness (QED) is 0.245. The van der Waals surface area contributed by atoms with Crippen molar-refractivity contribution in [3.63, 3.8) is 0 Å². The average molecular weight is 558 g/mol. The summed E-state index contributed by atoms with van der Waals surface area (Å²) in [4.78, 5) is 39.7. The Morgan fingerprint density at radius 3 is 2.55 bits per heavy atom. The molecule has 40 heavy (non-hydrogen) atoms. The van der Waals surface area contributed by atoms with Gasteiger partial charge in [0.25, 0.3) is 5.56 Å². The van der Waals surface area contributed by atoms with E-state index in [1.807, 2.05) is 26.0 Å². The lowest BCUT2D eigenvalue weighted by Gasteiger charge is -2.16. The summed E-state index contributed by atoms with van der Waals surface area (Å²) in [6, 6.07) is 10.3. The largest absolute Gasteiger partial charge is 0.357 e. The molecule has 0 saturated heterocycles. The predicted octanol–water partition coefficient (Wildman–Crippen LogP) is 5.66. The predicted molar refractivity (Wildman–Crippen MR) is 160 cm³/mol. The summed E-state index contributed by atoms with van der Waals surface area (Å²) in [5.74, 6) is 0.968. The lowest BCUT2D eigenvalue weighted by Crippen LogP contribution is -2.25. The van der Waals surface area contributed by atoms with Crippen LogP contribution in [0.1, 0.15) is 46.4 Å². The van der Waals surface area contributed by atoms with Gasteiger partial charge in [-0.1, -0.05) is 32.9 Å². The molecular formula is C28H31N9O2S. The van der Waals surface area contributed by atoms with Gasteiger partial charge in [0.15, 0.2) is 0 Å². The van der Waals surface area contributed by atoms with Crippen LogP contribution in [0.4, 0.5) is 22.2 Å². The third kappa shape index (κ3) is 5.30. The van der Waals surface area contributed by atoms with Gasteiger partial charge in [0, 0.05) is 47.4 Å². The van der Waals surface area contributed by atoms with Gasteiger partial charge < -0.3 is 10.6 Å². The Balaban J connectivity index is 1.46. The van der Waals surface area contributed by atoms with E-state index in [-0.39, 0.29) is 17.0 Å². The molecule has 0 aliphatic heterocycles. The maximum Gasteiger partial charge on any atom is 0.324 e. The number of hydrogen-bond donors (Lipinski definition) is 3. The molecule has 0 saturated carbocycles. The third-order valence-corrected chi connectivity index (χ3v) is 7.04. The van der Waals surface area contributed by atoms with Crippen molar-refractivity contribution in [2.45, 2.75) is 46.1 Å². The summed E-state index contributed by atoms with van der Waals surface area (Å²) in [6.45, 7) is 10.1. The van der Waals surface area contributed by atoms with Crippen molar-refractivity contribution in [3.8, 4) is 16.1 Å². The Labute approximate surface area is 235 Å². The van der Waals surface area contributed by atoms with Gasteiger partial charge in [-0.25, -0.2) is 14.5 Å². The number of benzene rings is 1. The van der Waals surface area contributed by atoms with Crippen LogP contribution in [0.25, 0.3) is 27.2 Å². The molecular weight excluding hydrogens is 526 g/mol. The van der Waals surface area contributed by atoms with Crippen LogP contribution in [0.3, 0.4) is 0 Å². The second kappa shape index (κ2) is 10.5. The minimum Gasteiger partial charge on any atom is -0.357 e. The standard InChI is InChI=1S/C28H31N9O2S/c1-16(2)36-24-18(13-31-26(29-6)34-24)11-20(25(36)38)17-8-7-9-19(10-17)32-27(39)33-22-12-21(28(3,4)5)35-37(22)23-14-30-15-40-23/h7-16H,1-6H3,(H,29,31,34)(H2,32,33,39). The van der Waals surface area contributed by atoms with Crippen molar-refractivity contribution in [3.05, 3.63) is 70.4 Å². The number of fused-ring (bicyclic) bond motifs is 1. The van der Waals surface area contributed by atoms with Gasteiger partial charge in [-0.05, 0) is 37.6 Å². The van der Waals surface area contributed by atoms with Gasteiger partial charge in [0.1, 0.15) is 16.5 Å². The number of hydrogen-bond acceptors (Lipinski definition) is 8. The highest BCUT2D eigenvalue weighted by Gasteiger charge is 2.22. The molecule has 0 aliphatic rings. The molecule has 0 radical (unpaired) electrons. The number of amides is 2. The van der Waals surface area contributed by atoms with E-state index in [9.17, 15) is 9.59 Å². The zero-order chi connectivity index (χ0) is 28.6. The topological polar surface area (TPSA) is 132 Å². The zero-order valence-electron chi connectivity index (χ0n) is 23.2. The summed E-state index contributed by atoms with van der Waals surface area (Å²) in [5, 5.41) is 14.9. The molecule has 5 rings (SSSR count). The molecule has 206 valence electrons. The normalized spacial score (nSPS) is 11.7. The number of carbonyl (C=O) groups is 1. The summed E-state index contributed by atoms with van der Waals surface area (Å²) in [5.41, 5.74) is 4.42. The highest BCUT2D eigenvalue weighted by Crippen LogP contribution is 2.28. The number of aromatic nitrogens is 6. The van der Waals surface area contributed by atoms with Crippen molar-refractivity contribution in [1.82, 2.24) is 29.3 Å². The minimum atomic E-state index is -0.436. The molecule has 4 aromatic heterocycles. The van der Waals surface area contributed by atoms with Crippen molar-refractivity contribution < 1.29 is 4.79 Å². The number of pyridine rings is 1. The van der Waals surface area contributed by atoms with Crippen LogP contribution >= 0.6 is 11.3 Å². The Morgan fingerprint density at radius 1 is 1.07 bits per heavy atom. The first kappa shape index (κ1) is 27.0. The number of nitrogens with zero attached hydrogens (tertiary/aromatic N) is 6. The third-order valence-electron chi connectivity index (χ3n) is 6.29. The second-order valence-corrected chi connectivity index (χ2v) is 11.5. The van der Waals surface area contributed by atoms with E-state index in [0.717, 1.165) is 16.1 Å². The molecule has 11 nitrogen and oxygen atoms in total. The first-order valence-electron chi connectivity index (χ1n) is 12.8. The summed E-state index contributed by atoms with van der Waals surface area (Å²) >= 11 is 1.43. The molecule has 0 unspecified atom stereocenters. The molecule has 0 aliphatic carbocycles. The Bertz CT molecular complexity index is 1750. The van der Waals surface area contributed by atoms with E-state index in [4.69, 9.17) is 5.10 Å². The van der Waals surface area contributed by atoms with Crippen molar-refractivity contribution in [2.24, 2.45) is 0 Å². The van der Waals surface area contributed by atoms with Crippen molar-refractivity contribution >= 4 is 45.9 Å². The van der Waals surface area contributed by atoms with E-state index in [1.54, 1.807) is 58.5 Å². The van der Waals surface area contributed by atoms with Crippen LogP contribution in [0.2, 0.25) is 0 Å². The minimum absolute atomic E-state index is 0.122. The Hall–Kier alpha value is -4.58. The first-order valence-corrected chi connectivity index (χ1v) is 13.7. The van der Waals surface area contributed by atoms with Crippen LogP contribution in [-0.2, 0) is 5.41 Å². The number of nitrogens with one attached hydrogen (secondary N) is 3. The van der Waals surface area contributed by atoms with Gasteiger partial charge in [0.2, 0.25) is 5.95 Å². The fourth-order valence-corrected chi connectivity index (χ4v) is 4.88. The smallest absolute Gasteiger partial charge is 0.324 e. The van der Waals surface area contributed by atoms with Gasteiger partial charge in [-0.2, -0.15) is 10.1 Å². The van der Waals surface area contributed by atoms with E-state index < -0.39 is 6.03 Å². The molecule has 0 bridgehead atoms. The Morgan fingerprint density at radius 2 is 1.88 bits per heavy atom. The molecule has 1 aromatic carbocycles. The lowest BCUT2D eigenvalue weighted by molar-refractivity contribution is 0.262. The molecule has 5 aromatic rings. The van der Waals surface area contributed by atoms with Gasteiger partial charge in [-0.3, -0.25) is 19.7 Å². The van der Waals surface area contributed by atoms with Crippen LogP contribution in [0.5, 0.6) is 0 Å². The maximum absolute atomic E-state index is 13.6. The summed E-state index contributed by atoms with van der Waals surface area (Å²) in [7, 11) is 1.73. The SMILES string of the molecule is CNc1ncc2cc(-c3cccc(NC(=O)Nc4cc(C(C)(C)C)nn4-c4cncs4)c3)c(=O)n(C(C)C)c2n1. The van der Waals surface area contributed by atoms with Crippen LogP contribution in [0, 0.1) is 0 Å². The molecule has 12 heteroatoms. The van der Waals surface area contributed by atoms with Crippen molar-refractivity contribution in [2.75, 3.05) is 23.0 Å². The lowest BCUT2D eigenvalue weighted by atomic mass is 9.92. The molecule has 4 heterocycles. The molecule has 3 N–H and O–H groups in total. The summed E-state index contributed by atoms with van der Waals surface area (Å²) in [6.07, 6.45) is 3.40. The number of carbonyl (C=O) groups excluding carboxylic acids is 1. The average Bonchev–Trinajstić information content (AvgIpc) is 3.58.